The zero-order valence-corrected chi connectivity index (χ0v) is 11.0. The first kappa shape index (κ1) is 12.4. The van der Waals surface area contributed by atoms with Crippen LogP contribution in [-0.4, -0.2) is 23.2 Å². The first-order valence-electron chi connectivity index (χ1n) is 5.55. The highest BCUT2D eigenvalue weighted by molar-refractivity contribution is 9.10. The molecule has 0 aromatic heterocycles. The summed E-state index contributed by atoms with van der Waals surface area (Å²) >= 11 is 3.29. The van der Waals surface area contributed by atoms with Crippen molar-refractivity contribution in [2.45, 2.75) is 24.9 Å². The van der Waals surface area contributed by atoms with Gasteiger partial charge in [0.25, 0.3) is 5.91 Å². The lowest BCUT2D eigenvalue weighted by atomic mass is 9.80. The second-order valence-electron chi connectivity index (χ2n) is 4.53. The molecule has 1 aromatic carbocycles. The Labute approximate surface area is 108 Å². The van der Waals surface area contributed by atoms with Crippen molar-refractivity contribution in [1.29, 1.82) is 0 Å². The van der Waals surface area contributed by atoms with Crippen LogP contribution in [0.2, 0.25) is 0 Å². The van der Waals surface area contributed by atoms with Gasteiger partial charge >= 0.3 is 0 Å². The maximum Gasteiger partial charge on any atom is 0.251 e. The maximum atomic E-state index is 11.8. The van der Waals surface area contributed by atoms with Gasteiger partial charge in [-0.1, -0.05) is 15.9 Å². The molecule has 1 aromatic rings. The SMILES string of the molecule is Nc1cc(Br)cc(C(=O)NCC2(O)CCC2)c1. The van der Waals surface area contributed by atoms with Crippen LogP contribution in [0.4, 0.5) is 5.69 Å². The molecule has 4 nitrogen and oxygen atoms in total. The maximum absolute atomic E-state index is 11.8. The summed E-state index contributed by atoms with van der Waals surface area (Å²) in [6.45, 7) is 0.304. The average molecular weight is 299 g/mol. The van der Waals surface area contributed by atoms with Gasteiger partial charge in [-0.2, -0.15) is 0 Å². The molecule has 17 heavy (non-hydrogen) atoms. The van der Waals surface area contributed by atoms with Gasteiger partial charge in [-0.15, -0.1) is 0 Å². The van der Waals surface area contributed by atoms with Crippen molar-refractivity contribution in [3.63, 3.8) is 0 Å². The van der Waals surface area contributed by atoms with Crippen LogP contribution in [0.1, 0.15) is 29.6 Å². The van der Waals surface area contributed by atoms with Crippen LogP contribution in [0.3, 0.4) is 0 Å². The number of nitrogen functional groups attached to an aromatic ring is 1. The highest BCUT2D eigenvalue weighted by Crippen LogP contribution is 2.30. The zero-order chi connectivity index (χ0) is 12.5. The number of hydrogen-bond acceptors (Lipinski definition) is 3. The van der Waals surface area contributed by atoms with Crippen molar-refractivity contribution < 1.29 is 9.90 Å². The first-order valence-corrected chi connectivity index (χ1v) is 6.34. The second kappa shape index (κ2) is 4.66. The van der Waals surface area contributed by atoms with Gasteiger partial charge in [0.1, 0.15) is 0 Å². The first-order chi connectivity index (χ1) is 7.98. The minimum Gasteiger partial charge on any atom is -0.399 e. The quantitative estimate of drug-likeness (QED) is 0.743. The van der Waals surface area contributed by atoms with E-state index in [2.05, 4.69) is 21.2 Å². The third kappa shape index (κ3) is 2.98. The summed E-state index contributed by atoms with van der Waals surface area (Å²) in [5, 5.41) is 12.6. The van der Waals surface area contributed by atoms with E-state index in [0.29, 0.717) is 17.8 Å². The molecule has 1 aliphatic rings. The van der Waals surface area contributed by atoms with Gasteiger partial charge in [-0.3, -0.25) is 4.79 Å². The highest BCUT2D eigenvalue weighted by Gasteiger charge is 2.34. The van der Waals surface area contributed by atoms with Crippen LogP contribution in [0.25, 0.3) is 0 Å². The second-order valence-corrected chi connectivity index (χ2v) is 5.45. The molecule has 0 atom stereocenters. The van der Waals surface area contributed by atoms with Crippen LogP contribution in [-0.2, 0) is 0 Å². The molecular formula is C12H15BrN2O2. The number of anilines is 1. The van der Waals surface area contributed by atoms with Crippen molar-refractivity contribution >= 4 is 27.5 Å². The molecule has 92 valence electrons. The summed E-state index contributed by atoms with van der Waals surface area (Å²) in [5.41, 5.74) is 5.99. The van der Waals surface area contributed by atoms with Crippen molar-refractivity contribution in [3.8, 4) is 0 Å². The molecular weight excluding hydrogens is 284 g/mol. The molecule has 0 spiro atoms. The van der Waals surface area contributed by atoms with Gasteiger partial charge in [0, 0.05) is 22.3 Å². The van der Waals surface area contributed by atoms with Crippen molar-refractivity contribution in [3.05, 3.63) is 28.2 Å². The molecule has 0 unspecified atom stereocenters. The van der Waals surface area contributed by atoms with Gasteiger partial charge in [-0.05, 0) is 37.5 Å². The third-order valence-corrected chi connectivity index (χ3v) is 3.50. The third-order valence-electron chi connectivity index (χ3n) is 3.04. The fourth-order valence-corrected chi connectivity index (χ4v) is 2.36. The number of carbonyl (C=O) groups excluding carboxylic acids is 1. The number of carbonyl (C=O) groups is 1. The monoisotopic (exact) mass is 298 g/mol. The van der Waals surface area contributed by atoms with Crippen LogP contribution >= 0.6 is 15.9 Å². The summed E-state index contributed by atoms with van der Waals surface area (Å²) in [6, 6.07) is 5.05. The molecule has 4 N–H and O–H groups in total. The molecule has 1 saturated carbocycles. The molecule has 0 aliphatic heterocycles. The van der Waals surface area contributed by atoms with Gasteiger partial charge in [-0.25, -0.2) is 0 Å². The van der Waals surface area contributed by atoms with Crippen molar-refractivity contribution in [2.24, 2.45) is 0 Å². The number of halogens is 1. The minimum absolute atomic E-state index is 0.210. The summed E-state index contributed by atoms with van der Waals surface area (Å²) in [6.07, 6.45) is 2.54. The molecule has 0 heterocycles. The van der Waals surface area contributed by atoms with E-state index in [1.54, 1.807) is 18.2 Å². The lowest BCUT2D eigenvalue weighted by molar-refractivity contribution is -0.0300. The molecule has 5 heteroatoms. The highest BCUT2D eigenvalue weighted by atomic mass is 79.9. The van der Waals surface area contributed by atoms with E-state index in [0.717, 1.165) is 23.7 Å². The van der Waals surface area contributed by atoms with Gasteiger partial charge in [0.2, 0.25) is 0 Å². The number of hydrogen-bond donors (Lipinski definition) is 3. The van der Waals surface area contributed by atoms with E-state index >= 15 is 0 Å². The van der Waals surface area contributed by atoms with E-state index in [1.807, 2.05) is 0 Å². The summed E-state index contributed by atoms with van der Waals surface area (Å²) in [7, 11) is 0. The Hall–Kier alpha value is -1.07. The van der Waals surface area contributed by atoms with Gasteiger partial charge in [0.15, 0.2) is 0 Å². The predicted molar refractivity (Wildman–Crippen MR) is 69.7 cm³/mol. The topological polar surface area (TPSA) is 75.4 Å². The van der Waals surface area contributed by atoms with E-state index in [-0.39, 0.29) is 5.91 Å². The lowest BCUT2D eigenvalue weighted by Gasteiger charge is -2.36. The van der Waals surface area contributed by atoms with Crippen molar-refractivity contribution in [2.75, 3.05) is 12.3 Å². The summed E-state index contributed by atoms with van der Waals surface area (Å²) in [5.74, 6) is -0.210. The van der Waals surface area contributed by atoms with Crippen LogP contribution in [0.15, 0.2) is 22.7 Å². The predicted octanol–water partition coefficient (Wildman–Crippen LogP) is 1.68. The Morgan fingerprint density at radius 1 is 1.47 bits per heavy atom. The number of nitrogens with one attached hydrogen (secondary N) is 1. The number of aliphatic hydroxyl groups is 1. The number of benzene rings is 1. The molecule has 0 saturated heterocycles. The molecule has 0 radical (unpaired) electrons. The lowest BCUT2D eigenvalue weighted by Crippen LogP contribution is -2.47. The Balaban J connectivity index is 1.99. The summed E-state index contributed by atoms with van der Waals surface area (Å²) in [4.78, 5) is 11.8. The smallest absolute Gasteiger partial charge is 0.251 e. The number of rotatable bonds is 3. The standard InChI is InChI=1S/C12H15BrN2O2/c13-9-4-8(5-10(14)6-9)11(16)15-7-12(17)2-1-3-12/h4-6,17H,1-3,7,14H2,(H,15,16). The van der Waals surface area contributed by atoms with E-state index < -0.39 is 5.60 Å². The fourth-order valence-electron chi connectivity index (χ4n) is 1.85. The van der Waals surface area contributed by atoms with E-state index in [4.69, 9.17) is 5.73 Å². The largest absolute Gasteiger partial charge is 0.399 e. The van der Waals surface area contributed by atoms with Crippen LogP contribution < -0.4 is 11.1 Å². The van der Waals surface area contributed by atoms with Gasteiger partial charge in [0.05, 0.1) is 5.60 Å². The Morgan fingerprint density at radius 2 is 2.18 bits per heavy atom. The molecule has 1 aliphatic carbocycles. The van der Waals surface area contributed by atoms with E-state index in [9.17, 15) is 9.90 Å². The summed E-state index contributed by atoms with van der Waals surface area (Å²) < 4.78 is 0.769. The Morgan fingerprint density at radius 3 is 2.71 bits per heavy atom. The number of nitrogens with two attached hydrogens (primary N) is 1. The van der Waals surface area contributed by atoms with Gasteiger partial charge < -0.3 is 16.2 Å². The number of amides is 1. The normalized spacial score (nSPS) is 17.3. The van der Waals surface area contributed by atoms with E-state index in [1.165, 1.54) is 0 Å². The Bertz CT molecular complexity index is 424. The van der Waals surface area contributed by atoms with Crippen LogP contribution in [0.5, 0.6) is 0 Å². The zero-order valence-electron chi connectivity index (χ0n) is 9.37. The van der Waals surface area contributed by atoms with Crippen LogP contribution in [0, 0.1) is 0 Å². The Kier molecular flexibility index (Phi) is 3.40. The fraction of sp³-hybridized carbons (Fsp3) is 0.417. The van der Waals surface area contributed by atoms with Crippen molar-refractivity contribution in [1.82, 2.24) is 5.32 Å². The molecule has 0 bridgehead atoms. The average Bonchev–Trinajstić information content (AvgIpc) is 2.22. The molecule has 1 amide bonds. The minimum atomic E-state index is -0.701. The molecule has 1 fully saturated rings. The molecule has 2 rings (SSSR count).